The Hall–Kier alpha value is -9.12. The minimum absolute atomic E-state index is 0.828. The van der Waals surface area contributed by atoms with Crippen molar-refractivity contribution in [1.29, 1.82) is 0 Å². The van der Waals surface area contributed by atoms with Gasteiger partial charge >= 0.3 is 0 Å². The average molecular weight is 883 g/mol. The van der Waals surface area contributed by atoms with E-state index in [1.54, 1.807) is 0 Å². The zero-order valence-corrected chi connectivity index (χ0v) is 37.7. The molecule has 0 saturated carbocycles. The number of rotatable bonds is 8. The molecule has 4 heteroatoms. The molecular weight excluding hydrogens is 841 g/mol. The predicted octanol–water partition coefficient (Wildman–Crippen LogP) is 19.0. The van der Waals surface area contributed by atoms with Crippen molar-refractivity contribution >= 4 is 110 Å². The maximum Gasteiger partial charge on any atom is 0.159 e. The van der Waals surface area contributed by atoms with Gasteiger partial charge in [-0.15, -0.1) is 0 Å². The van der Waals surface area contributed by atoms with Crippen LogP contribution in [0.25, 0.3) is 98.4 Å². The molecule has 2 heterocycles. The Labute approximate surface area is 398 Å². The lowest BCUT2D eigenvalue weighted by atomic mass is 9.90. The van der Waals surface area contributed by atoms with Gasteiger partial charge in [0.2, 0.25) is 0 Å². The summed E-state index contributed by atoms with van der Waals surface area (Å²) >= 11 is 0. The first-order valence-electron chi connectivity index (χ1n) is 23.6. The number of furan rings is 2. The van der Waals surface area contributed by atoms with Crippen LogP contribution < -0.4 is 9.80 Å². The Morgan fingerprint density at radius 2 is 0.696 bits per heavy atom. The first-order valence-corrected chi connectivity index (χ1v) is 23.6. The van der Waals surface area contributed by atoms with E-state index in [1.807, 2.05) is 12.1 Å². The summed E-state index contributed by atoms with van der Waals surface area (Å²) in [5, 5.41) is 11.4. The molecule has 0 N–H and O–H groups in total. The summed E-state index contributed by atoms with van der Waals surface area (Å²) in [6.45, 7) is 2.19. The molecule has 324 valence electrons. The monoisotopic (exact) mass is 882 g/mol. The number of para-hydroxylation sites is 4. The van der Waals surface area contributed by atoms with E-state index in [-0.39, 0.29) is 0 Å². The molecule has 2 aromatic heterocycles. The normalized spacial score (nSPS) is 11.8. The second-order valence-corrected chi connectivity index (χ2v) is 18.1. The zero-order chi connectivity index (χ0) is 45.6. The molecule has 0 fully saturated rings. The quantitative estimate of drug-likeness (QED) is 0.142. The van der Waals surface area contributed by atoms with Gasteiger partial charge in [-0.3, -0.25) is 0 Å². The molecule has 14 aromatic rings. The largest absolute Gasteiger partial charge is 0.454 e. The highest BCUT2D eigenvalue weighted by atomic mass is 16.3. The lowest BCUT2D eigenvalue weighted by molar-refractivity contribution is 0.669. The van der Waals surface area contributed by atoms with Gasteiger partial charge in [0, 0.05) is 49.1 Å². The van der Waals surface area contributed by atoms with E-state index in [2.05, 4.69) is 241 Å². The van der Waals surface area contributed by atoms with Crippen LogP contribution in [0.4, 0.5) is 34.1 Å². The molecule has 0 aliphatic carbocycles. The number of benzene rings is 12. The molecule has 14 rings (SSSR count). The van der Waals surface area contributed by atoms with Gasteiger partial charge in [0.25, 0.3) is 0 Å². The number of aryl methyl sites for hydroxylation is 1. The molecule has 0 aliphatic heterocycles. The second kappa shape index (κ2) is 15.5. The number of anilines is 6. The SMILES string of the molecule is Cc1cc2ccc3c(N(c4ccc(-c5ccccc5)cc4)c4cccc5c4oc4ccccc45)cc(N(c4ccc(-c5ccccc5)cc4)c4cccc5c4oc4ccccc45)c4ccc(c1)c2c34. The smallest absolute Gasteiger partial charge is 0.159 e. The molecule has 0 saturated heterocycles. The van der Waals surface area contributed by atoms with Crippen LogP contribution >= 0.6 is 0 Å². The molecular formula is C65H42N2O2. The van der Waals surface area contributed by atoms with E-state index in [4.69, 9.17) is 8.83 Å². The van der Waals surface area contributed by atoms with Gasteiger partial charge in [-0.05, 0) is 105 Å². The van der Waals surface area contributed by atoms with Crippen LogP contribution in [0.3, 0.4) is 0 Å². The van der Waals surface area contributed by atoms with Crippen LogP contribution in [-0.2, 0) is 0 Å². The standard InChI is InChI=1S/C65H42N2O2/c1-41-38-46-30-36-54-58(66(48-32-26-44(27-33-48)42-14-4-2-5-15-42)56-22-12-20-52-50-18-8-10-24-60(50)68-64(52)56)40-59(55-37-31-47(39-41)62(46)63(54)55)67(49-34-28-45(29-35-49)43-16-6-3-7-17-43)57-23-13-21-53-51-19-9-11-25-61(51)69-65(53)57/h2-40H,1H3. The van der Waals surface area contributed by atoms with Crippen molar-refractivity contribution in [2.45, 2.75) is 6.92 Å². The maximum absolute atomic E-state index is 6.92. The van der Waals surface area contributed by atoms with Gasteiger partial charge < -0.3 is 18.6 Å². The molecule has 0 bridgehead atoms. The number of fused-ring (bicyclic) bond motifs is 6. The summed E-state index contributed by atoms with van der Waals surface area (Å²) in [5.41, 5.74) is 15.2. The summed E-state index contributed by atoms with van der Waals surface area (Å²) in [6, 6.07) is 85.2. The number of hydrogen-bond donors (Lipinski definition) is 0. The van der Waals surface area contributed by atoms with E-state index in [9.17, 15) is 0 Å². The first kappa shape index (κ1) is 39.1. The van der Waals surface area contributed by atoms with Crippen LogP contribution in [-0.4, -0.2) is 0 Å². The summed E-state index contributed by atoms with van der Waals surface area (Å²) in [4.78, 5) is 4.83. The minimum atomic E-state index is 0.828. The Bertz CT molecular complexity index is 3980. The van der Waals surface area contributed by atoms with Gasteiger partial charge in [-0.25, -0.2) is 0 Å². The van der Waals surface area contributed by atoms with E-state index in [0.717, 1.165) is 99.9 Å². The Morgan fingerprint density at radius 3 is 1.16 bits per heavy atom. The molecule has 12 aromatic carbocycles. The predicted molar refractivity (Wildman–Crippen MR) is 290 cm³/mol. The first-order chi connectivity index (χ1) is 34.1. The van der Waals surface area contributed by atoms with Crippen molar-refractivity contribution in [2.75, 3.05) is 9.80 Å². The fourth-order valence-corrected chi connectivity index (χ4v) is 10.9. The average Bonchev–Trinajstić information content (AvgIpc) is 3.99. The van der Waals surface area contributed by atoms with Gasteiger partial charge in [-0.1, -0.05) is 182 Å². The van der Waals surface area contributed by atoms with E-state index < -0.39 is 0 Å². The number of nitrogens with zero attached hydrogens (tertiary/aromatic N) is 2. The van der Waals surface area contributed by atoms with Crippen molar-refractivity contribution in [2.24, 2.45) is 0 Å². The Balaban J connectivity index is 1.11. The summed E-state index contributed by atoms with van der Waals surface area (Å²) < 4.78 is 13.8. The molecule has 0 spiro atoms. The molecule has 4 nitrogen and oxygen atoms in total. The minimum Gasteiger partial charge on any atom is -0.454 e. The fraction of sp³-hybridized carbons (Fsp3) is 0.0154. The van der Waals surface area contributed by atoms with Crippen molar-refractivity contribution in [1.82, 2.24) is 0 Å². The van der Waals surface area contributed by atoms with Crippen LogP contribution in [0.5, 0.6) is 0 Å². The third-order valence-electron chi connectivity index (χ3n) is 14.0. The van der Waals surface area contributed by atoms with E-state index >= 15 is 0 Å². The van der Waals surface area contributed by atoms with Gasteiger partial charge in [0.1, 0.15) is 11.2 Å². The second-order valence-electron chi connectivity index (χ2n) is 18.1. The summed E-state index contributed by atoms with van der Waals surface area (Å²) in [7, 11) is 0. The van der Waals surface area contributed by atoms with Crippen molar-refractivity contribution in [3.05, 3.63) is 242 Å². The lowest BCUT2D eigenvalue weighted by Gasteiger charge is -2.32. The fourth-order valence-electron chi connectivity index (χ4n) is 10.9. The molecule has 69 heavy (non-hydrogen) atoms. The molecule has 0 aliphatic rings. The van der Waals surface area contributed by atoms with Gasteiger partial charge in [0.15, 0.2) is 11.2 Å². The van der Waals surface area contributed by atoms with Crippen LogP contribution in [0.2, 0.25) is 0 Å². The van der Waals surface area contributed by atoms with Crippen molar-refractivity contribution in [3.8, 4) is 22.3 Å². The highest BCUT2D eigenvalue weighted by Gasteiger charge is 2.28. The van der Waals surface area contributed by atoms with Crippen LogP contribution in [0, 0.1) is 6.92 Å². The number of hydrogen-bond acceptors (Lipinski definition) is 4. The van der Waals surface area contributed by atoms with Gasteiger partial charge in [0.05, 0.1) is 22.7 Å². The van der Waals surface area contributed by atoms with E-state index in [1.165, 1.54) is 38.2 Å². The van der Waals surface area contributed by atoms with Gasteiger partial charge in [-0.2, -0.15) is 0 Å². The van der Waals surface area contributed by atoms with Crippen LogP contribution in [0.1, 0.15) is 5.56 Å². The molecule has 0 atom stereocenters. The van der Waals surface area contributed by atoms with Crippen LogP contribution in [0.15, 0.2) is 245 Å². The highest BCUT2D eigenvalue weighted by molar-refractivity contribution is 6.29. The van der Waals surface area contributed by atoms with E-state index in [0.29, 0.717) is 0 Å². The Kier molecular flexibility index (Phi) is 8.77. The topological polar surface area (TPSA) is 32.8 Å². The third-order valence-corrected chi connectivity index (χ3v) is 14.0. The third kappa shape index (κ3) is 6.23. The maximum atomic E-state index is 6.92. The van der Waals surface area contributed by atoms with Crippen molar-refractivity contribution in [3.63, 3.8) is 0 Å². The lowest BCUT2D eigenvalue weighted by Crippen LogP contribution is -2.15. The Morgan fingerprint density at radius 1 is 0.290 bits per heavy atom. The van der Waals surface area contributed by atoms with Crippen molar-refractivity contribution < 1.29 is 8.83 Å². The molecule has 0 amide bonds. The highest BCUT2D eigenvalue weighted by Crippen LogP contribution is 2.53. The molecule has 0 unspecified atom stereocenters. The zero-order valence-electron chi connectivity index (χ0n) is 37.7. The molecule has 0 radical (unpaired) electrons. The summed E-state index contributed by atoms with van der Waals surface area (Å²) in [6.07, 6.45) is 0. The summed E-state index contributed by atoms with van der Waals surface area (Å²) in [5.74, 6) is 0.